The van der Waals surface area contributed by atoms with Crippen LogP contribution in [0.4, 0.5) is 5.95 Å². The summed E-state index contributed by atoms with van der Waals surface area (Å²) in [6, 6.07) is 9.00. The van der Waals surface area contributed by atoms with Crippen molar-refractivity contribution in [2.75, 3.05) is 12.4 Å². The van der Waals surface area contributed by atoms with Crippen molar-refractivity contribution in [3.8, 4) is 17.7 Å². The molecule has 21 heavy (non-hydrogen) atoms. The molecule has 0 atom stereocenters. The normalized spacial score (nSPS) is 10.4. The Morgan fingerprint density at radius 1 is 1.14 bits per heavy atom. The van der Waals surface area contributed by atoms with Crippen molar-refractivity contribution in [3.05, 3.63) is 47.7 Å². The largest absolute Gasteiger partial charge is 0.423 e. The number of aromatic nitrogens is 5. The molecular weight excluding hydrogens is 292 g/mol. The van der Waals surface area contributed by atoms with Gasteiger partial charge in [-0.1, -0.05) is 23.7 Å². The number of nitrogens with zero attached hydrogens (tertiary/aromatic N) is 5. The second-order valence-corrected chi connectivity index (χ2v) is 4.38. The minimum absolute atomic E-state index is 0.132. The molecule has 0 aliphatic heterocycles. The zero-order valence-corrected chi connectivity index (χ0v) is 11.8. The molecule has 0 aliphatic carbocycles. The van der Waals surface area contributed by atoms with Crippen LogP contribution in [-0.4, -0.2) is 31.8 Å². The van der Waals surface area contributed by atoms with Gasteiger partial charge in [0.1, 0.15) is 5.75 Å². The van der Waals surface area contributed by atoms with Gasteiger partial charge in [-0.25, -0.2) is 4.68 Å². The Hall–Kier alpha value is -2.67. The Balaban J connectivity index is 1.99. The molecule has 0 saturated heterocycles. The molecule has 106 valence electrons. The maximum absolute atomic E-state index is 6.06. The number of ether oxygens (including phenoxy) is 1. The van der Waals surface area contributed by atoms with E-state index in [0.717, 1.165) is 0 Å². The Morgan fingerprint density at radius 2 is 2.00 bits per heavy atom. The molecule has 0 amide bonds. The van der Waals surface area contributed by atoms with Crippen LogP contribution in [0.1, 0.15) is 0 Å². The lowest BCUT2D eigenvalue weighted by Crippen LogP contribution is -2.08. The maximum atomic E-state index is 6.06. The molecule has 0 saturated carbocycles. The van der Waals surface area contributed by atoms with E-state index in [0.29, 0.717) is 22.7 Å². The van der Waals surface area contributed by atoms with E-state index < -0.39 is 0 Å². The van der Waals surface area contributed by atoms with E-state index in [-0.39, 0.29) is 6.01 Å². The number of benzene rings is 1. The van der Waals surface area contributed by atoms with Gasteiger partial charge in [0.25, 0.3) is 5.95 Å². The predicted molar refractivity (Wildman–Crippen MR) is 78.0 cm³/mol. The average molecular weight is 303 g/mol. The predicted octanol–water partition coefficient (Wildman–Crippen LogP) is 2.54. The smallest absolute Gasteiger partial charge is 0.328 e. The first-order chi connectivity index (χ1) is 10.3. The highest BCUT2D eigenvalue weighted by Crippen LogP contribution is 2.27. The van der Waals surface area contributed by atoms with Crippen molar-refractivity contribution < 1.29 is 4.74 Å². The van der Waals surface area contributed by atoms with Crippen molar-refractivity contribution in [1.29, 1.82) is 0 Å². The fraction of sp³-hybridized carbons (Fsp3) is 0.0769. The van der Waals surface area contributed by atoms with Crippen molar-refractivity contribution in [2.24, 2.45) is 0 Å². The van der Waals surface area contributed by atoms with E-state index in [4.69, 9.17) is 16.3 Å². The summed E-state index contributed by atoms with van der Waals surface area (Å²) >= 11 is 6.06. The van der Waals surface area contributed by atoms with Gasteiger partial charge >= 0.3 is 6.01 Å². The van der Waals surface area contributed by atoms with Gasteiger partial charge in [0.05, 0.1) is 5.02 Å². The minimum Gasteiger partial charge on any atom is -0.423 e. The van der Waals surface area contributed by atoms with Crippen molar-refractivity contribution >= 4 is 17.5 Å². The lowest BCUT2D eigenvalue weighted by atomic mass is 10.3. The van der Waals surface area contributed by atoms with Crippen molar-refractivity contribution in [2.45, 2.75) is 0 Å². The van der Waals surface area contributed by atoms with E-state index in [2.05, 4.69) is 25.4 Å². The van der Waals surface area contributed by atoms with Crippen LogP contribution in [-0.2, 0) is 0 Å². The summed E-state index contributed by atoms with van der Waals surface area (Å²) in [5.41, 5.74) is 0. The highest BCUT2D eigenvalue weighted by atomic mass is 35.5. The Bertz CT molecular complexity index is 746. The maximum Gasteiger partial charge on any atom is 0.328 e. The number of hydrogen-bond acceptors (Lipinski definition) is 6. The number of halogens is 1. The summed E-state index contributed by atoms with van der Waals surface area (Å²) in [5.74, 6) is 1.19. The van der Waals surface area contributed by atoms with Gasteiger partial charge in [-0.05, 0) is 18.2 Å². The van der Waals surface area contributed by atoms with Crippen LogP contribution in [0.25, 0.3) is 5.95 Å². The van der Waals surface area contributed by atoms with Crippen LogP contribution >= 0.6 is 11.6 Å². The quantitative estimate of drug-likeness (QED) is 0.798. The molecule has 0 radical (unpaired) electrons. The fourth-order valence-electron chi connectivity index (χ4n) is 1.62. The van der Waals surface area contributed by atoms with Crippen LogP contribution in [0.15, 0.2) is 42.7 Å². The monoisotopic (exact) mass is 302 g/mol. The average Bonchev–Trinajstić information content (AvgIpc) is 3.04. The third kappa shape index (κ3) is 2.92. The van der Waals surface area contributed by atoms with E-state index in [9.17, 15) is 0 Å². The third-order valence-electron chi connectivity index (χ3n) is 2.57. The zero-order valence-electron chi connectivity index (χ0n) is 11.1. The number of rotatable bonds is 4. The third-order valence-corrected chi connectivity index (χ3v) is 2.89. The van der Waals surface area contributed by atoms with Crippen molar-refractivity contribution in [1.82, 2.24) is 24.7 Å². The fourth-order valence-corrected chi connectivity index (χ4v) is 1.79. The summed E-state index contributed by atoms with van der Waals surface area (Å²) in [7, 11) is 1.71. The lowest BCUT2D eigenvalue weighted by Gasteiger charge is -2.08. The van der Waals surface area contributed by atoms with Gasteiger partial charge in [0.15, 0.2) is 0 Å². The molecule has 0 bridgehead atoms. The molecule has 3 aromatic rings. The first-order valence-electron chi connectivity index (χ1n) is 6.12. The molecule has 3 rings (SSSR count). The molecule has 7 nitrogen and oxygen atoms in total. The molecule has 2 aromatic heterocycles. The summed E-state index contributed by atoms with van der Waals surface area (Å²) in [4.78, 5) is 12.6. The lowest BCUT2D eigenvalue weighted by molar-refractivity contribution is 0.438. The molecule has 2 heterocycles. The molecule has 0 aliphatic rings. The van der Waals surface area contributed by atoms with Gasteiger partial charge in [0, 0.05) is 19.4 Å². The highest BCUT2D eigenvalue weighted by molar-refractivity contribution is 6.32. The number of para-hydroxylation sites is 1. The molecule has 0 unspecified atom stereocenters. The molecule has 0 fully saturated rings. The van der Waals surface area contributed by atoms with E-state index in [1.54, 1.807) is 37.6 Å². The summed E-state index contributed by atoms with van der Waals surface area (Å²) in [6.07, 6.45) is 3.37. The molecular formula is C13H11ClN6O. The minimum atomic E-state index is 0.132. The van der Waals surface area contributed by atoms with Gasteiger partial charge in [-0.3, -0.25) is 0 Å². The van der Waals surface area contributed by atoms with E-state index >= 15 is 0 Å². The highest BCUT2D eigenvalue weighted by Gasteiger charge is 2.11. The van der Waals surface area contributed by atoms with Gasteiger partial charge in [0.2, 0.25) is 5.95 Å². The second kappa shape index (κ2) is 5.76. The summed E-state index contributed by atoms with van der Waals surface area (Å²) in [6.45, 7) is 0. The van der Waals surface area contributed by atoms with E-state index in [1.165, 1.54) is 4.68 Å². The van der Waals surface area contributed by atoms with Crippen LogP contribution in [0, 0.1) is 0 Å². The number of anilines is 1. The van der Waals surface area contributed by atoms with Crippen LogP contribution in [0.5, 0.6) is 11.8 Å². The van der Waals surface area contributed by atoms with Crippen LogP contribution in [0.3, 0.4) is 0 Å². The summed E-state index contributed by atoms with van der Waals surface area (Å²) < 4.78 is 7.13. The number of nitrogens with one attached hydrogen (secondary N) is 1. The Morgan fingerprint density at radius 3 is 2.71 bits per heavy atom. The molecule has 1 N–H and O–H groups in total. The Kier molecular flexibility index (Phi) is 3.65. The van der Waals surface area contributed by atoms with Crippen LogP contribution < -0.4 is 10.1 Å². The standard InChI is InChI=1S/C13H11ClN6O/c1-15-11-17-12(20-8-4-7-16-20)19-13(18-11)21-10-6-3-2-5-9(10)14/h2-8H,1H3,(H,15,17,18,19). The molecule has 1 aromatic carbocycles. The first-order valence-corrected chi connectivity index (χ1v) is 6.50. The van der Waals surface area contributed by atoms with Gasteiger partial charge < -0.3 is 10.1 Å². The number of hydrogen-bond donors (Lipinski definition) is 1. The Labute approximate surface area is 125 Å². The molecule has 0 spiro atoms. The molecule has 8 heteroatoms. The zero-order chi connectivity index (χ0) is 14.7. The van der Waals surface area contributed by atoms with E-state index in [1.807, 2.05) is 12.1 Å². The SMILES string of the molecule is CNc1nc(Oc2ccccc2Cl)nc(-n2cccn2)n1. The van der Waals surface area contributed by atoms with Crippen molar-refractivity contribution in [3.63, 3.8) is 0 Å². The van der Waals surface area contributed by atoms with Crippen LogP contribution in [0.2, 0.25) is 5.02 Å². The van der Waals surface area contributed by atoms with Gasteiger partial charge in [-0.2, -0.15) is 20.1 Å². The second-order valence-electron chi connectivity index (χ2n) is 3.97. The summed E-state index contributed by atoms with van der Waals surface area (Å²) in [5, 5.41) is 7.41. The van der Waals surface area contributed by atoms with Gasteiger partial charge in [-0.15, -0.1) is 0 Å². The first kappa shape index (κ1) is 13.3. The topological polar surface area (TPSA) is 77.8 Å².